The number of hydrogen-bond donors (Lipinski definition) is 1. The highest BCUT2D eigenvalue weighted by atomic mass is 19.4. The number of methoxy groups -OCH3 is 1. The largest absolute Gasteiger partial charge is 0.493 e. The maximum absolute atomic E-state index is 12.9. The molecule has 0 spiro atoms. The van der Waals surface area contributed by atoms with Gasteiger partial charge < -0.3 is 19.4 Å². The Hall–Kier alpha value is -3.23. The highest BCUT2D eigenvalue weighted by molar-refractivity contribution is 5.78. The average molecular weight is 433 g/mol. The summed E-state index contributed by atoms with van der Waals surface area (Å²) in [7, 11) is 1.54. The van der Waals surface area contributed by atoms with Gasteiger partial charge in [-0.1, -0.05) is 12.1 Å². The van der Waals surface area contributed by atoms with E-state index in [0.717, 1.165) is 11.8 Å². The van der Waals surface area contributed by atoms with Crippen molar-refractivity contribution in [3.63, 3.8) is 0 Å². The summed E-state index contributed by atoms with van der Waals surface area (Å²) in [5, 5.41) is 0. The number of hydrogen-bond acceptors (Lipinski definition) is 4. The van der Waals surface area contributed by atoms with E-state index in [2.05, 4.69) is 9.97 Å². The van der Waals surface area contributed by atoms with Crippen LogP contribution in [-0.2, 0) is 11.0 Å². The summed E-state index contributed by atoms with van der Waals surface area (Å²) in [5.41, 5.74) is 0.820. The number of halogens is 3. The molecule has 164 valence electrons. The van der Waals surface area contributed by atoms with Gasteiger partial charge in [0.15, 0.2) is 18.1 Å². The van der Waals surface area contributed by atoms with Crippen molar-refractivity contribution in [1.29, 1.82) is 0 Å². The topological polar surface area (TPSA) is 67.5 Å². The van der Waals surface area contributed by atoms with E-state index in [9.17, 15) is 18.0 Å². The zero-order valence-corrected chi connectivity index (χ0v) is 16.9. The smallest absolute Gasteiger partial charge is 0.433 e. The molecule has 3 heterocycles. The third kappa shape index (κ3) is 4.60. The fourth-order valence-corrected chi connectivity index (χ4v) is 3.82. The number of piperidine rings is 1. The molecule has 1 aliphatic heterocycles. The Morgan fingerprint density at radius 3 is 2.55 bits per heavy atom. The van der Waals surface area contributed by atoms with Crippen LogP contribution in [0.25, 0.3) is 11.0 Å². The second kappa shape index (κ2) is 8.49. The van der Waals surface area contributed by atoms with Gasteiger partial charge in [-0.05, 0) is 43.2 Å². The quantitative estimate of drug-likeness (QED) is 0.649. The lowest BCUT2D eigenvalue weighted by molar-refractivity contribution is -0.141. The van der Waals surface area contributed by atoms with Crippen LogP contribution in [0.5, 0.6) is 11.5 Å². The van der Waals surface area contributed by atoms with Gasteiger partial charge in [-0.25, -0.2) is 4.98 Å². The number of carbonyl (C=O) groups excluding carboxylic acids is 1. The Morgan fingerprint density at radius 1 is 1.16 bits per heavy atom. The molecule has 0 bridgehead atoms. The minimum absolute atomic E-state index is 0.0818. The summed E-state index contributed by atoms with van der Waals surface area (Å²) in [6.07, 6.45) is -3.05. The molecule has 1 saturated heterocycles. The van der Waals surface area contributed by atoms with E-state index in [1.807, 2.05) is 6.07 Å². The van der Waals surface area contributed by atoms with Gasteiger partial charge in [0.2, 0.25) is 0 Å². The van der Waals surface area contributed by atoms with Crippen LogP contribution in [0.2, 0.25) is 0 Å². The summed E-state index contributed by atoms with van der Waals surface area (Å²) in [4.78, 5) is 21.2. The monoisotopic (exact) mass is 433 g/mol. The van der Waals surface area contributed by atoms with Crippen LogP contribution < -0.4 is 9.47 Å². The van der Waals surface area contributed by atoms with Gasteiger partial charge in [-0.15, -0.1) is 0 Å². The molecule has 9 heteroatoms. The predicted molar refractivity (Wildman–Crippen MR) is 108 cm³/mol. The van der Waals surface area contributed by atoms with Crippen molar-refractivity contribution < 1.29 is 27.4 Å². The summed E-state index contributed by atoms with van der Waals surface area (Å²) in [5.74, 6) is 1.09. The fourth-order valence-electron chi connectivity index (χ4n) is 3.82. The predicted octanol–water partition coefficient (Wildman–Crippen LogP) is 4.38. The lowest BCUT2D eigenvalue weighted by atomic mass is 9.93. The summed E-state index contributed by atoms with van der Waals surface area (Å²) in [6.45, 7) is 1.02. The lowest BCUT2D eigenvalue weighted by Crippen LogP contribution is -2.40. The third-order valence-corrected chi connectivity index (χ3v) is 5.49. The SMILES string of the molecule is COc1ccccc1OCC(=O)N1CCC(c2cc3nc(C(F)(F)F)ccc3[nH]2)CC1. The van der Waals surface area contributed by atoms with Crippen LogP contribution in [0.3, 0.4) is 0 Å². The first-order chi connectivity index (χ1) is 14.8. The van der Waals surface area contributed by atoms with Crippen molar-refractivity contribution in [2.75, 3.05) is 26.8 Å². The number of carbonyl (C=O) groups is 1. The molecular weight excluding hydrogens is 411 g/mol. The van der Waals surface area contributed by atoms with E-state index in [-0.39, 0.29) is 18.4 Å². The maximum atomic E-state index is 12.9. The Kier molecular flexibility index (Phi) is 5.75. The van der Waals surface area contributed by atoms with Crippen LogP contribution in [0.1, 0.15) is 30.1 Å². The maximum Gasteiger partial charge on any atom is 0.433 e. The molecule has 6 nitrogen and oxygen atoms in total. The fraction of sp³-hybridized carbons (Fsp3) is 0.364. The van der Waals surface area contributed by atoms with Crippen molar-refractivity contribution in [3.8, 4) is 11.5 Å². The van der Waals surface area contributed by atoms with Gasteiger partial charge in [-0.2, -0.15) is 13.2 Å². The Morgan fingerprint density at radius 2 is 1.87 bits per heavy atom. The summed E-state index contributed by atoms with van der Waals surface area (Å²) >= 11 is 0. The van der Waals surface area contributed by atoms with Crippen molar-refractivity contribution in [2.24, 2.45) is 0 Å². The van der Waals surface area contributed by atoms with Crippen LogP contribution in [0, 0.1) is 0 Å². The first-order valence-corrected chi connectivity index (χ1v) is 9.95. The number of amides is 1. The normalized spacial score (nSPS) is 15.3. The number of alkyl halides is 3. The molecule has 0 aliphatic carbocycles. The Labute approximate surface area is 177 Å². The number of H-pyrrole nitrogens is 1. The minimum Gasteiger partial charge on any atom is -0.493 e. The van der Waals surface area contributed by atoms with Crippen LogP contribution in [0.4, 0.5) is 13.2 Å². The van der Waals surface area contributed by atoms with Crippen molar-refractivity contribution >= 4 is 16.9 Å². The Bertz CT molecular complexity index is 1070. The highest BCUT2D eigenvalue weighted by Crippen LogP contribution is 2.32. The third-order valence-electron chi connectivity index (χ3n) is 5.49. The van der Waals surface area contributed by atoms with E-state index < -0.39 is 11.9 Å². The lowest BCUT2D eigenvalue weighted by Gasteiger charge is -2.31. The zero-order valence-electron chi connectivity index (χ0n) is 16.9. The van der Waals surface area contributed by atoms with Gasteiger partial charge in [0, 0.05) is 24.7 Å². The number of benzene rings is 1. The number of nitrogens with zero attached hydrogens (tertiary/aromatic N) is 2. The molecule has 4 rings (SSSR count). The highest BCUT2D eigenvalue weighted by Gasteiger charge is 2.33. The average Bonchev–Trinajstić information content (AvgIpc) is 3.20. The summed E-state index contributed by atoms with van der Waals surface area (Å²) in [6, 6.07) is 11.2. The van der Waals surface area contributed by atoms with Gasteiger partial charge >= 0.3 is 6.18 Å². The molecule has 0 unspecified atom stereocenters. The van der Waals surface area contributed by atoms with Crippen LogP contribution >= 0.6 is 0 Å². The molecule has 31 heavy (non-hydrogen) atoms. The number of aromatic amines is 1. The van der Waals surface area contributed by atoms with E-state index in [0.29, 0.717) is 48.5 Å². The molecule has 0 radical (unpaired) electrons. The standard InChI is InChI=1S/C22H22F3N3O3/c1-30-18-4-2-3-5-19(18)31-13-21(29)28-10-8-14(9-11-28)16-12-17-15(26-16)6-7-20(27-17)22(23,24)25/h2-7,12,14,26H,8-11,13H2,1H3. The molecule has 1 aliphatic rings. The first kappa shape index (κ1) is 21.0. The van der Waals surface area contributed by atoms with Crippen LogP contribution in [-0.4, -0.2) is 47.6 Å². The number of rotatable bonds is 5. The molecule has 1 amide bonds. The number of fused-ring (bicyclic) bond motifs is 1. The van der Waals surface area contributed by atoms with Gasteiger partial charge in [0.25, 0.3) is 5.91 Å². The number of para-hydroxylation sites is 2. The molecule has 1 N–H and O–H groups in total. The number of nitrogens with one attached hydrogen (secondary N) is 1. The second-order valence-electron chi connectivity index (χ2n) is 7.45. The molecule has 0 atom stereocenters. The zero-order chi connectivity index (χ0) is 22.0. The number of aromatic nitrogens is 2. The molecular formula is C22H22F3N3O3. The molecule has 1 aromatic carbocycles. The molecule has 1 fully saturated rings. The number of likely N-dealkylation sites (tertiary alicyclic amines) is 1. The second-order valence-corrected chi connectivity index (χ2v) is 7.45. The van der Waals surface area contributed by atoms with Crippen molar-refractivity contribution in [2.45, 2.75) is 24.9 Å². The van der Waals surface area contributed by atoms with Gasteiger partial charge in [0.05, 0.1) is 18.1 Å². The van der Waals surface area contributed by atoms with Crippen molar-refractivity contribution in [1.82, 2.24) is 14.9 Å². The molecule has 2 aromatic heterocycles. The van der Waals surface area contributed by atoms with Gasteiger partial charge in [0.1, 0.15) is 5.69 Å². The minimum atomic E-state index is -4.47. The van der Waals surface area contributed by atoms with Gasteiger partial charge in [-0.3, -0.25) is 4.79 Å². The van der Waals surface area contributed by atoms with E-state index in [4.69, 9.17) is 9.47 Å². The first-order valence-electron chi connectivity index (χ1n) is 9.95. The van der Waals surface area contributed by atoms with E-state index in [1.54, 1.807) is 29.2 Å². The van der Waals surface area contributed by atoms with E-state index >= 15 is 0 Å². The van der Waals surface area contributed by atoms with Crippen LogP contribution in [0.15, 0.2) is 42.5 Å². The Balaban J connectivity index is 1.35. The molecule has 3 aromatic rings. The molecule has 0 saturated carbocycles. The summed E-state index contributed by atoms with van der Waals surface area (Å²) < 4.78 is 49.5. The number of pyridine rings is 1. The number of ether oxygens (including phenoxy) is 2. The van der Waals surface area contributed by atoms with E-state index in [1.165, 1.54) is 13.2 Å². The van der Waals surface area contributed by atoms with Crippen molar-refractivity contribution in [3.05, 3.63) is 53.9 Å².